The lowest BCUT2D eigenvalue weighted by Crippen LogP contribution is -2.33. The van der Waals surface area contributed by atoms with Crippen LogP contribution in [0.15, 0.2) is 43.1 Å². The molecule has 152 valence electrons. The number of nitrogens with zero attached hydrogens (tertiary/aromatic N) is 4. The summed E-state index contributed by atoms with van der Waals surface area (Å²) in [6, 6.07) is 5.93. The number of amides is 1. The van der Waals surface area contributed by atoms with Gasteiger partial charge in [0.05, 0.1) is 18.2 Å². The highest BCUT2D eigenvalue weighted by Crippen LogP contribution is 2.36. The van der Waals surface area contributed by atoms with Gasteiger partial charge in [-0.3, -0.25) is 5.10 Å². The van der Waals surface area contributed by atoms with Crippen molar-refractivity contribution >= 4 is 17.7 Å². The highest BCUT2D eigenvalue weighted by atomic mass is 16.6. The van der Waals surface area contributed by atoms with Crippen LogP contribution in [0, 0.1) is 0 Å². The van der Waals surface area contributed by atoms with E-state index in [-0.39, 0.29) is 18.2 Å². The average molecular weight is 395 g/mol. The quantitative estimate of drug-likeness (QED) is 0.589. The van der Waals surface area contributed by atoms with E-state index in [0.29, 0.717) is 17.6 Å². The minimum Gasteiger partial charge on any atom is -0.446 e. The third kappa shape index (κ3) is 4.74. The minimum absolute atomic E-state index is 0.0594. The zero-order valence-corrected chi connectivity index (χ0v) is 16.5. The highest BCUT2D eigenvalue weighted by molar-refractivity contribution is 5.67. The van der Waals surface area contributed by atoms with Crippen molar-refractivity contribution in [3.05, 3.63) is 48.8 Å². The van der Waals surface area contributed by atoms with E-state index in [2.05, 4.69) is 30.8 Å². The van der Waals surface area contributed by atoms with Gasteiger partial charge >= 0.3 is 6.09 Å². The van der Waals surface area contributed by atoms with Crippen LogP contribution in [0.5, 0.6) is 0 Å². The maximum atomic E-state index is 11.8. The molecule has 0 aliphatic heterocycles. The second-order valence-electron chi connectivity index (χ2n) is 7.54. The molecule has 1 fully saturated rings. The van der Waals surface area contributed by atoms with E-state index >= 15 is 0 Å². The largest absolute Gasteiger partial charge is 0.446 e. The molecule has 9 nitrogen and oxygen atoms in total. The van der Waals surface area contributed by atoms with Gasteiger partial charge in [-0.1, -0.05) is 0 Å². The molecule has 2 atom stereocenters. The van der Waals surface area contributed by atoms with Crippen LogP contribution >= 0.6 is 0 Å². The molecule has 4 rings (SSSR count). The summed E-state index contributed by atoms with van der Waals surface area (Å²) in [5.41, 5.74) is 1.98. The Hall–Kier alpha value is -3.36. The average Bonchev–Trinajstić information content (AvgIpc) is 3.43. The summed E-state index contributed by atoms with van der Waals surface area (Å²) in [5, 5.41) is 13.4. The minimum atomic E-state index is -0.345. The van der Waals surface area contributed by atoms with E-state index in [1.807, 2.05) is 42.8 Å². The number of imidazole rings is 1. The molecular weight excluding hydrogens is 370 g/mol. The first kappa shape index (κ1) is 19.0. The molecule has 0 bridgehead atoms. The fourth-order valence-corrected chi connectivity index (χ4v) is 3.52. The molecule has 1 amide bonds. The predicted molar refractivity (Wildman–Crippen MR) is 108 cm³/mol. The Balaban J connectivity index is 1.32. The first-order valence-electron chi connectivity index (χ1n) is 9.80. The topological polar surface area (TPSA) is 110 Å². The van der Waals surface area contributed by atoms with Gasteiger partial charge in [0.25, 0.3) is 0 Å². The van der Waals surface area contributed by atoms with Gasteiger partial charge in [-0.05, 0) is 45.2 Å². The number of carbonyl (C=O) groups excluding carboxylic acids is 1. The lowest BCUT2D eigenvalue weighted by Gasteiger charge is -2.14. The Morgan fingerprint density at radius 2 is 2.21 bits per heavy atom. The van der Waals surface area contributed by atoms with Crippen LogP contribution in [0.25, 0.3) is 5.69 Å². The van der Waals surface area contributed by atoms with Gasteiger partial charge in [0.15, 0.2) is 5.82 Å². The maximum absolute atomic E-state index is 11.8. The standard InChI is InChI=1S/C20H25N7O2/c1-13(2)23-20(28)29-16-5-3-14(9-16)17-10-19(26-25-17)24-18-6-4-15(11-22-18)27-8-7-21-12-27/h4,6-8,10-14,16H,3,5,9H2,1-2H3,(H,23,28)(H2,22,24,25,26)/t14-,16+/m0/s1. The number of pyridine rings is 1. The van der Waals surface area contributed by atoms with E-state index < -0.39 is 0 Å². The third-order valence-electron chi connectivity index (χ3n) is 4.91. The number of rotatable bonds is 6. The van der Waals surface area contributed by atoms with Gasteiger partial charge in [-0.2, -0.15) is 5.10 Å². The third-order valence-corrected chi connectivity index (χ3v) is 4.91. The van der Waals surface area contributed by atoms with E-state index in [1.54, 1.807) is 18.7 Å². The number of H-pyrrole nitrogens is 1. The molecule has 0 unspecified atom stereocenters. The van der Waals surface area contributed by atoms with Crippen LogP contribution in [-0.4, -0.2) is 43.0 Å². The zero-order chi connectivity index (χ0) is 20.2. The Morgan fingerprint density at radius 3 is 2.93 bits per heavy atom. The molecule has 0 spiro atoms. The smallest absolute Gasteiger partial charge is 0.407 e. The first-order chi connectivity index (χ1) is 14.1. The number of aromatic nitrogens is 5. The molecule has 1 aliphatic carbocycles. The molecule has 0 aromatic carbocycles. The van der Waals surface area contributed by atoms with E-state index in [0.717, 1.165) is 30.6 Å². The van der Waals surface area contributed by atoms with Gasteiger partial charge in [0.1, 0.15) is 11.9 Å². The number of alkyl carbamates (subject to hydrolysis) is 1. The number of hydrogen-bond acceptors (Lipinski definition) is 6. The first-order valence-corrected chi connectivity index (χ1v) is 9.80. The predicted octanol–water partition coefficient (Wildman–Crippen LogP) is 3.50. The molecule has 3 N–H and O–H groups in total. The molecule has 0 saturated heterocycles. The lowest BCUT2D eigenvalue weighted by atomic mass is 10.0. The molecular formula is C20H25N7O2. The monoisotopic (exact) mass is 395 g/mol. The van der Waals surface area contributed by atoms with Crippen LogP contribution in [0.4, 0.5) is 16.4 Å². The van der Waals surface area contributed by atoms with Crippen molar-refractivity contribution in [1.82, 2.24) is 30.0 Å². The van der Waals surface area contributed by atoms with Crippen molar-refractivity contribution in [2.24, 2.45) is 0 Å². The number of nitrogens with one attached hydrogen (secondary N) is 3. The van der Waals surface area contributed by atoms with Crippen LogP contribution in [0.2, 0.25) is 0 Å². The Kier molecular flexibility index (Phi) is 5.46. The fraction of sp³-hybridized carbons (Fsp3) is 0.400. The van der Waals surface area contributed by atoms with E-state index in [9.17, 15) is 4.79 Å². The number of aromatic amines is 1. The molecule has 1 saturated carbocycles. The number of hydrogen-bond donors (Lipinski definition) is 3. The number of anilines is 2. The van der Waals surface area contributed by atoms with Gasteiger partial charge in [-0.15, -0.1) is 0 Å². The van der Waals surface area contributed by atoms with Crippen LogP contribution in [-0.2, 0) is 4.74 Å². The van der Waals surface area contributed by atoms with Crippen molar-refractivity contribution in [1.29, 1.82) is 0 Å². The van der Waals surface area contributed by atoms with Crippen molar-refractivity contribution in [2.75, 3.05) is 5.32 Å². The second kappa shape index (κ2) is 8.34. The summed E-state index contributed by atoms with van der Waals surface area (Å²) in [6.07, 6.45) is 9.31. The Labute approximate surface area is 168 Å². The van der Waals surface area contributed by atoms with Gasteiger partial charge in [0.2, 0.25) is 0 Å². The van der Waals surface area contributed by atoms with E-state index in [1.165, 1.54) is 0 Å². The summed E-state index contributed by atoms with van der Waals surface area (Å²) < 4.78 is 7.39. The zero-order valence-electron chi connectivity index (χ0n) is 16.5. The summed E-state index contributed by atoms with van der Waals surface area (Å²) >= 11 is 0. The molecule has 9 heteroatoms. The van der Waals surface area contributed by atoms with Crippen LogP contribution in [0.3, 0.4) is 0 Å². The summed E-state index contributed by atoms with van der Waals surface area (Å²) in [7, 11) is 0. The van der Waals surface area contributed by atoms with Crippen molar-refractivity contribution in [3.63, 3.8) is 0 Å². The Bertz CT molecular complexity index is 934. The van der Waals surface area contributed by atoms with Crippen molar-refractivity contribution in [2.45, 2.75) is 51.2 Å². The molecule has 3 aromatic heterocycles. The molecule has 29 heavy (non-hydrogen) atoms. The molecule has 3 heterocycles. The molecule has 3 aromatic rings. The number of ether oxygens (including phenoxy) is 1. The van der Waals surface area contributed by atoms with Crippen LogP contribution in [0.1, 0.15) is 44.7 Å². The van der Waals surface area contributed by atoms with Gasteiger partial charge in [-0.25, -0.2) is 14.8 Å². The van der Waals surface area contributed by atoms with E-state index in [4.69, 9.17) is 4.74 Å². The van der Waals surface area contributed by atoms with Crippen LogP contribution < -0.4 is 10.6 Å². The van der Waals surface area contributed by atoms with Gasteiger partial charge < -0.3 is 19.9 Å². The van der Waals surface area contributed by atoms with Crippen molar-refractivity contribution in [3.8, 4) is 5.69 Å². The molecule has 1 aliphatic rings. The summed E-state index contributed by atoms with van der Waals surface area (Å²) in [6.45, 7) is 3.83. The number of carbonyl (C=O) groups is 1. The maximum Gasteiger partial charge on any atom is 0.407 e. The summed E-state index contributed by atoms with van der Waals surface area (Å²) in [5.74, 6) is 1.72. The Morgan fingerprint density at radius 1 is 1.31 bits per heavy atom. The van der Waals surface area contributed by atoms with Crippen molar-refractivity contribution < 1.29 is 9.53 Å². The summed E-state index contributed by atoms with van der Waals surface area (Å²) in [4.78, 5) is 20.2. The normalized spacial score (nSPS) is 18.7. The SMILES string of the molecule is CC(C)NC(=O)O[C@@H]1CC[C@H](c2cc(Nc3ccc(-n4ccnc4)cn3)n[nH]2)C1. The molecule has 0 radical (unpaired) electrons. The van der Waals surface area contributed by atoms with Gasteiger partial charge in [0, 0.05) is 36.1 Å². The lowest BCUT2D eigenvalue weighted by molar-refractivity contribution is 0.0981. The second-order valence-corrected chi connectivity index (χ2v) is 7.54. The fourth-order valence-electron chi connectivity index (χ4n) is 3.52. The highest BCUT2D eigenvalue weighted by Gasteiger charge is 2.30.